The highest BCUT2D eigenvalue weighted by molar-refractivity contribution is 5.92. The molecule has 1 fully saturated rings. The molecule has 4 rings (SSSR count). The fourth-order valence-electron chi connectivity index (χ4n) is 3.82. The third-order valence-corrected chi connectivity index (χ3v) is 5.21. The zero-order chi connectivity index (χ0) is 20.5. The van der Waals surface area contributed by atoms with Gasteiger partial charge >= 0.3 is 0 Å². The minimum absolute atomic E-state index is 0.188. The van der Waals surface area contributed by atoms with Gasteiger partial charge in [-0.05, 0) is 32.9 Å². The average molecular weight is 396 g/mol. The van der Waals surface area contributed by atoms with E-state index in [2.05, 4.69) is 5.16 Å². The van der Waals surface area contributed by atoms with E-state index in [1.807, 2.05) is 42.8 Å². The lowest BCUT2D eigenvalue weighted by atomic mass is 10.0. The summed E-state index contributed by atoms with van der Waals surface area (Å²) in [6, 6.07) is 9.14. The molecule has 29 heavy (non-hydrogen) atoms. The van der Waals surface area contributed by atoms with Crippen molar-refractivity contribution < 1.29 is 18.8 Å². The van der Waals surface area contributed by atoms with Gasteiger partial charge in [-0.3, -0.25) is 4.79 Å². The number of morpholine rings is 1. The number of nitrogens with zero attached hydrogens (tertiary/aromatic N) is 4. The molecule has 0 bridgehead atoms. The fourth-order valence-corrected chi connectivity index (χ4v) is 3.82. The first-order valence-electron chi connectivity index (χ1n) is 9.52. The summed E-state index contributed by atoms with van der Waals surface area (Å²) in [6.45, 7) is 7.12. The van der Waals surface area contributed by atoms with E-state index in [9.17, 15) is 4.79 Å². The molecule has 152 valence electrons. The van der Waals surface area contributed by atoms with Gasteiger partial charge in [0.25, 0.3) is 5.91 Å². The number of methoxy groups -OCH3 is 1. The number of benzene rings is 1. The lowest BCUT2D eigenvalue weighted by molar-refractivity contribution is -0.00498. The standard InChI is InChI=1S/C21H24N4O4/c1-13-10-19(29-23-13)21(26)24-8-9-28-12-18(24)20-14(2)22-25(15(20)3)16-6-5-7-17(11-16)27-4/h5-7,10-11,18H,8-9,12H2,1-4H3/t18-/m0/s1. The number of hydrogen-bond acceptors (Lipinski definition) is 6. The molecule has 1 atom stereocenters. The number of ether oxygens (including phenoxy) is 2. The van der Waals surface area contributed by atoms with Gasteiger partial charge in [0, 0.05) is 29.9 Å². The van der Waals surface area contributed by atoms with E-state index in [4.69, 9.17) is 19.1 Å². The number of carbonyl (C=O) groups excluding carboxylic acids is 1. The Morgan fingerprint density at radius 3 is 2.79 bits per heavy atom. The van der Waals surface area contributed by atoms with E-state index >= 15 is 0 Å². The Kier molecular flexibility index (Phi) is 5.10. The van der Waals surface area contributed by atoms with Crippen molar-refractivity contribution in [1.82, 2.24) is 19.8 Å². The maximum atomic E-state index is 13.1. The first-order chi connectivity index (χ1) is 14.0. The Labute approximate surface area is 169 Å². The molecular formula is C21H24N4O4. The highest BCUT2D eigenvalue weighted by Gasteiger charge is 2.34. The first-order valence-corrected chi connectivity index (χ1v) is 9.52. The molecule has 3 heterocycles. The third-order valence-electron chi connectivity index (χ3n) is 5.21. The highest BCUT2D eigenvalue weighted by atomic mass is 16.5. The minimum Gasteiger partial charge on any atom is -0.497 e. The molecule has 8 heteroatoms. The number of amides is 1. The van der Waals surface area contributed by atoms with E-state index in [0.717, 1.165) is 28.4 Å². The van der Waals surface area contributed by atoms with Gasteiger partial charge in [0.15, 0.2) is 0 Å². The normalized spacial score (nSPS) is 16.8. The van der Waals surface area contributed by atoms with Crippen molar-refractivity contribution in [2.75, 3.05) is 26.9 Å². The summed E-state index contributed by atoms with van der Waals surface area (Å²) in [5, 5.41) is 8.58. The number of hydrogen-bond donors (Lipinski definition) is 0. The van der Waals surface area contributed by atoms with Crippen molar-refractivity contribution >= 4 is 5.91 Å². The molecule has 1 saturated heterocycles. The fraction of sp³-hybridized carbons (Fsp3) is 0.381. The van der Waals surface area contributed by atoms with Crippen molar-refractivity contribution in [1.29, 1.82) is 0 Å². The Morgan fingerprint density at radius 1 is 1.24 bits per heavy atom. The second-order valence-electron chi connectivity index (χ2n) is 7.12. The van der Waals surface area contributed by atoms with Crippen LogP contribution in [0.15, 0.2) is 34.9 Å². The van der Waals surface area contributed by atoms with Gasteiger partial charge in [-0.15, -0.1) is 0 Å². The van der Waals surface area contributed by atoms with E-state index in [1.165, 1.54) is 0 Å². The topological polar surface area (TPSA) is 82.6 Å². The molecule has 1 aromatic carbocycles. The van der Waals surface area contributed by atoms with Crippen LogP contribution in [-0.4, -0.2) is 52.6 Å². The number of aryl methyl sites for hydroxylation is 2. The Balaban J connectivity index is 1.72. The molecular weight excluding hydrogens is 372 g/mol. The van der Waals surface area contributed by atoms with Crippen LogP contribution in [-0.2, 0) is 4.74 Å². The third kappa shape index (κ3) is 3.51. The molecule has 1 aliphatic rings. The highest BCUT2D eigenvalue weighted by Crippen LogP contribution is 2.32. The predicted octanol–water partition coefficient (Wildman–Crippen LogP) is 3.01. The SMILES string of the molecule is COc1cccc(-n2nc(C)c([C@@H]3COCCN3C(=O)c3cc(C)no3)c2C)c1. The summed E-state index contributed by atoms with van der Waals surface area (Å²) >= 11 is 0. The zero-order valence-electron chi connectivity index (χ0n) is 17.0. The first kappa shape index (κ1) is 19.2. The quantitative estimate of drug-likeness (QED) is 0.674. The Hall–Kier alpha value is -3.13. The van der Waals surface area contributed by atoms with E-state index < -0.39 is 0 Å². The number of aromatic nitrogens is 3. The van der Waals surface area contributed by atoms with E-state index in [1.54, 1.807) is 25.0 Å². The van der Waals surface area contributed by atoms with E-state index in [0.29, 0.717) is 25.5 Å². The Morgan fingerprint density at radius 2 is 2.07 bits per heavy atom. The molecule has 0 spiro atoms. The molecule has 0 saturated carbocycles. The second-order valence-corrected chi connectivity index (χ2v) is 7.12. The van der Waals surface area contributed by atoms with Gasteiger partial charge in [-0.25, -0.2) is 4.68 Å². The monoisotopic (exact) mass is 396 g/mol. The predicted molar refractivity (Wildman–Crippen MR) is 105 cm³/mol. The van der Waals surface area contributed by atoms with E-state index in [-0.39, 0.29) is 17.7 Å². The zero-order valence-corrected chi connectivity index (χ0v) is 17.0. The van der Waals surface area contributed by atoms with Crippen LogP contribution in [0.5, 0.6) is 5.75 Å². The molecule has 0 unspecified atom stereocenters. The van der Waals surface area contributed by atoms with Crippen molar-refractivity contribution in [2.45, 2.75) is 26.8 Å². The smallest absolute Gasteiger partial charge is 0.293 e. The summed E-state index contributed by atoms with van der Waals surface area (Å²) in [5.74, 6) is 0.812. The number of carbonyl (C=O) groups is 1. The van der Waals surface area contributed by atoms with Gasteiger partial charge in [-0.2, -0.15) is 5.10 Å². The van der Waals surface area contributed by atoms with Crippen LogP contribution >= 0.6 is 0 Å². The largest absolute Gasteiger partial charge is 0.497 e. The maximum Gasteiger partial charge on any atom is 0.293 e. The average Bonchev–Trinajstić information content (AvgIpc) is 3.30. The van der Waals surface area contributed by atoms with Crippen molar-refractivity contribution in [3.05, 3.63) is 58.7 Å². The van der Waals surface area contributed by atoms with Gasteiger partial charge in [-0.1, -0.05) is 11.2 Å². The molecule has 3 aromatic rings. The van der Waals surface area contributed by atoms with Crippen LogP contribution in [0.2, 0.25) is 0 Å². The minimum atomic E-state index is -0.249. The molecule has 1 amide bonds. The van der Waals surface area contributed by atoms with Crippen LogP contribution < -0.4 is 4.74 Å². The van der Waals surface area contributed by atoms with Crippen LogP contribution in [0.1, 0.15) is 39.2 Å². The summed E-state index contributed by atoms with van der Waals surface area (Å²) in [6.07, 6.45) is 0. The van der Waals surface area contributed by atoms with Gasteiger partial charge < -0.3 is 18.9 Å². The Bertz CT molecular complexity index is 1040. The number of rotatable bonds is 4. The van der Waals surface area contributed by atoms with Gasteiger partial charge in [0.05, 0.1) is 43.4 Å². The molecule has 1 aliphatic heterocycles. The molecule has 0 N–H and O–H groups in total. The summed E-state index contributed by atoms with van der Waals surface area (Å²) in [4.78, 5) is 14.9. The van der Waals surface area contributed by atoms with Gasteiger partial charge in [0.1, 0.15) is 5.75 Å². The van der Waals surface area contributed by atoms with Crippen LogP contribution in [0.25, 0.3) is 5.69 Å². The summed E-state index contributed by atoms with van der Waals surface area (Å²) in [5.41, 5.74) is 4.37. The molecule has 2 aromatic heterocycles. The van der Waals surface area contributed by atoms with Crippen LogP contribution in [0.4, 0.5) is 0 Å². The summed E-state index contributed by atoms with van der Waals surface area (Å²) in [7, 11) is 1.64. The molecule has 0 radical (unpaired) electrons. The summed E-state index contributed by atoms with van der Waals surface area (Å²) < 4.78 is 18.1. The maximum absolute atomic E-state index is 13.1. The van der Waals surface area contributed by atoms with Crippen molar-refractivity contribution in [3.8, 4) is 11.4 Å². The molecule has 8 nitrogen and oxygen atoms in total. The van der Waals surface area contributed by atoms with Crippen LogP contribution in [0.3, 0.4) is 0 Å². The molecule has 0 aliphatic carbocycles. The van der Waals surface area contributed by atoms with Crippen molar-refractivity contribution in [3.63, 3.8) is 0 Å². The van der Waals surface area contributed by atoms with Crippen LogP contribution in [0, 0.1) is 20.8 Å². The lowest BCUT2D eigenvalue weighted by Gasteiger charge is -2.35. The van der Waals surface area contributed by atoms with Crippen molar-refractivity contribution in [2.24, 2.45) is 0 Å². The van der Waals surface area contributed by atoms with Gasteiger partial charge in [0.2, 0.25) is 5.76 Å². The second kappa shape index (κ2) is 7.71. The lowest BCUT2D eigenvalue weighted by Crippen LogP contribution is -2.43.